The van der Waals surface area contributed by atoms with Gasteiger partial charge < -0.3 is 20.1 Å². The van der Waals surface area contributed by atoms with Crippen molar-refractivity contribution in [3.05, 3.63) is 52.0 Å². The Morgan fingerprint density at radius 1 is 1.19 bits per heavy atom. The number of benzene rings is 2. The summed E-state index contributed by atoms with van der Waals surface area (Å²) < 4.78 is 12.2. The van der Waals surface area contributed by atoms with Crippen LogP contribution in [0, 0.1) is 6.92 Å². The molecule has 0 saturated heterocycles. The molecule has 0 aliphatic heterocycles. The summed E-state index contributed by atoms with van der Waals surface area (Å²) >= 11 is 3.57. The largest absolute Gasteiger partial charge is 0.493 e. The van der Waals surface area contributed by atoms with Crippen molar-refractivity contribution in [3.8, 4) is 11.5 Å². The van der Waals surface area contributed by atoms with Gasteiger partial charge in [0.1, 0.15) is 0 Å². The lowest BCUT2D eigenvalue weighted by Crippen LogP contribution is -2.22. The van der Waals surface area contributed by atoms with Gasteiger partial charge in [0.25, 0.3) is 5.91 Å². The van der Waals surface area contributed by atoms with Crippen molar-refractivity contribution in [2.45, 2.75) is 32.4 Å². The molecule has 0 bridgehead atoms. The third kappa shape index (κ3) is 4.99. The van der Waals surface area contributed by atoms with Crippen LogP contribution in [-0.2, 0) is 11.3 Å². The number of hydrogen-bond acceptors (Lipinski definition) is 4. The second-order valence-corrected chi connectivity index (χ2v) is 7.27. The van der Waals surface area contributed by atoms with E-state index < -0.39 is 0 Å². The first-order valence-corrected chi connectivity index (χ1v) is 9.44. The Morgan fingerprint density at radius 2 is 1.92 bits per heavy atom. The van der Waals surface area contributed by atoms with E-state index in [1.807, 2.05) is 43.3 Å². The second kappa shape index (κ2) is 8.56. The molecule has 1 aliphatic carbocycles. The third-order valence-electron chi connectivity index (χ3n) is 4.21. The molecule has 1 fully saturated rings. The lowest BCUT2D eigenvalue weighted by Gasteiger charge is -2.17. The molecular formula is C20H23BrN2O3. The van der Waals surface area contributed by atoms with Gasteiger partial charge in [-0.05, 0) is 44.0 Å². The highest BCUT2D eigenvalue weighted by Crippen LogP contribution is 2.37. The van der Waals surface area contributed by atoms with E-state index in [1.165, 1.54) is 12.8 Å². The van der Waals surface area contributed by atoms with Gasteiger partial charge in [-0.1, -0.05) is 33.6 Å². The van der Waals surface area contributed by atoms with E-state index in [1.54, 1.807) is 7.11 Å². The van der Waals surface area contributed by atoms with Gasteiger partial charge in [-0.2, -0.15) is 0 Å². The van der Waals surface area contributed by atoms with Crippen molar-refractivity contribution >= 4 is 27.5 Å². The SMILES string of the molecule is COc1ccc(Br)c(CNC2CC2)c1OCC(=O)Nc1ccc(C)cc1. The van der Waals surface area contributed by atoms with Crippen LogP contribution < -0.4 is 20.1 Å². The summed E-state index contributed by atoms with van der Waals surface area (Å²) in [6.45, 7) is 2.58. The smallest absolute Gasteiger partial charge is 0.262 e. The number of rotatable bonds is 8. The average molecular weight is 419 g/mol. The molecule has 3 rings (SSSR count). The Balaban J connectivity index is 1.67. The van der Waals surface area contributed by atoms with E-state index in [2.05, 4.69) is 26.6 Å². The van der Waals surface area contributed by atoms with Crippen LogP contribution in [0.15, 0.2) is 40.9 Å². The van der Waals surface area contributed by atoms with E-state index in [9.17, 15) is 4.79 Å². The van der Waals surface area contributed by atoms with E-state index >= 15 is 0 Å². The minimum absolute atomic E-state index is 0.0862. The van der Waals surface area contributed by atoms with Crippen molar-refractivity contribution in [2.75, 3.05) is 19.0 Å². The maximum absolute atomic E-state index is 12.2. The van der Waals surface area contributed by atoms with Gasteiger partial charge >= 0.3 is 0 Å². The Morgan fingerprint density at radius 3 is 2.58 bits per heavy atom. The zero-order valence-corrected chi connectivity index (χ0v) is 16.6. The quantitative estimate of drug-likeness (QED) is 0.678. The molecule has 0 unspecified atom stereocenters. The fourth-order valence-electron chi connectivity index (χ4n) is 2.57. The monoisotopic (exact) mass is 418 g/mol. The lowest BCUT2D eigenvalue weighted by atomic mass is 10.2. The minimum atomic E-state index is -0.211. The average Bonchev–Trinajstić information content (AvgIpc) is 3.45. The molecule has 1 saturated carbocycles. The standard InChI is InChI=1S/C20H23BrN2O3/c1-13-3-5-15(6-4-13)23-19(24)12-26-20-16(11-22-14-7-8-14)17(21)9-10-18(20)25-2/h3-6,9-10,14,22H,7-8,11-12H2,1-2H3,(H,23,24). The summed E-state index contributed by atoms with van der Waals surface area (Å²) in [5.74, 6) is 0.995. The van der Waals surface area contributed by atoms with Crippen LogP contribution in [0.2, 0.25) is 0 Å². The number of anilines is 1. The molecule has 0 aromatic heterocycles. The van der Waals surface area contributed by atoms with Crippen LogP contribution in [0.4, 0.5) is 5.69 Å². The lowest BCUT2D eigenvalue weighted by molar-refractivity contribution is -0.118. The highest BCUT2D eigenvalue weighted by Gasteiger charge is 2.23. The maximum Gasteiger partial charge on any atom is 0.262 e. The van der Waals surface area contributed by atoms with Gasteiger partial charge in [-0.3, -0.25) is 4.79 Å². The Labute approximate surface area is 162 Å². The maximum atomic E-state index is 12.2. The topological polar surface area (TPSA) is 59.6 Å². The fraction of sp³-hybridized carbons (Fsp3) is 0.350. The minimum Gasteiger partial charge on any atom is -0.493 e. The molecule has 138 valence electrons. The van der Waals surface area contributed by atoms with Crippen molar-refractivity contribution in [1.82, 2.24) is 5.32 Å². The Bertz CT molecular complexity index is 773. The first-order chi connectivity index (χ1) is 12.6. The van der Waals surface area contributed by atoms with Crippen molar-refractivity contribution < 1.29 is 14.3 Å². The molecule has 2 aromatic carbocycles. The highest BCUT2D eigenvalue weighted by molar-refractivity contribution is 9.10. The molecule has 2 N–H and O–H groups in total. The normalized spacial score (nSPS) is 13.3. The third-order valence-corrected chi connectivity index (χ3v) is 4.96. The van der Waals surface area contributed by atoms with Gasteiger partial charge in [0, 0.05) is 28.3 Å². The number of aryl methyl sites for hydroxylation is 1. The number of halogens is 1. The summed E-state index contributed by atoms with van der Waals surface area (Å²) in [5.41, 5.74) is 2.85. The Hall–Kier alpha value is -2.05. The Kier molecular flexibility index (Phi) is 6.16. The predicted octanol–water partition coefficient (Wildman–Crippen LogP) is 4.04. The number of carbonyl (C=O) groups excluding carboxylic acids is 1. The molecule has 2 aromatic rings. The second-order valence-electron chi connectivity index (χ2n) is 6.42. The number of nitrogens with one attached hydrogen (secondary N) is 2. The van der Waals surface area contributed by atoms with Crippen LogP contribution in [0.1, 0.15) is 24.0 Å². The first-order valence-electron chi connectivity index (χ1n) is 8.65. The van der Waals surface area contributed by atoms with Crippen molar-refractivity contribution in [1.29, 1.82) is 0 Å². The van der Waals surface area contributed by atoms with E-state index in [0.717, 1.165) is 21.3 Å². The molecule has 6 heteroatoms. The zero-order valence-electron chi connectivity index (χ0n) is 15.0. The predicted molar refractivity (Wildman–Crippen MR) is 106 cm³/mol. The van der Waals surface area contributed by atoms with Crippen LogP contribution in [0.25, 0.3) is 0 Å². The number of carbonyl (C=O) groups is 1. The van der Waals surface area contributed by atoms with Gasteiger partial charge in [0.05, 0.1) is 7.11 Å². The first kappa shape index (κ1) is 18.7. The number of amides is 1. The molecule has 1 aliphatic rings. The number of hydrogen-bond donors (Lipinski definition) is 2. The van der Waals surface area contributed by atoms with Gasteiger partial charge in [0.2, 0.25) is 0 Å². The molecule has 0 radical (unpaired) electrons. The molecule has 1 amide bonds. The number of methoxy groups -OCH3 is 1. The summed E-state index contributed by atoms with van der Waals surface area (Å²) in [4.78, 5) is 12.2. The van der Waals surface area contributed by atoms with Crippen LogP contribution in [0.5, 0.6) is 11.5 Å². The number of ether oxygens (including phenoxy) is 2. The molecular weight excluding hydrogens is 396 g/mol. The van der Waals surface area contributed by atoms with E-state index in [0.29, 0.717) is 24.1 Å². The summed E-state index contributed by atoms with van der Waals surface area (Å²) in [5, 5.41) is 6.31. The van der Waals surface area contributed by atoms with Gasteiger partial charge in [-0.15, -0.1) is 0 Å². The summed E-state index contributed by atoms with van der Waals surface area (Å²) in [7, 11) is 1.60. The molecule has 5 nitrogen and oxygen atoms in total. The summed E-state index contributed by atoms with van der Waals surface area (Å²) in [6.07, 6.45) is 2.41. The van der Waals surface area contributed by atoms with E-state index in [-0.39, 0.29) is 12.5 Å². The molecule has 0 heterocycles. The molecule has 0 atom stereocenters. The fourth-order valence-corrected chi connectivity index (χ4v) is 3.02. The summed E-state index contributed by atoms with van der Waals surface area (Å²) in [6, 6.07) is 12.0. The van der Waals surface area contributed by atoms with Crippen LogP contribution >= 0.6 is 15.9 Å². The van der Waals surface area contributed by atoms with Crippen LogP contribution in [-0.4, -0.2) is 25.7 Å². The van der Waals surface area contributed by atoms with E-state index in [4.69, 9.17) is 9.47 Å². The molecule has 0 spiro atoms. The van der Waals surface area contributed by atoms with Gasteiger partial charge in [-0.25, -0.2) is 0 Å². The van der Waals surface area contributed by atoms with Crippen molar-refractivity contribution in [2.24, 2.45) is 0 Å². The van der Waals surface area contributed by atoms with Crippen molar-refractivity contribution in [3.63, 3.8) is 0 Å². The molecule has 26 heavy (non-hydrogen) atoms. The highest BCUT2D eigenvalue weighted by atomic mass is 79.9. The zero-order chi connectivity index (χ0) is 18.5. The van der Waals surface area contributed by atoms with Crippen LogP contribution in [0.3, 0.4) is 0 Å². The van der Waals surface area contributed by atoms with Gasteiger partial charge in [0.15, 0.2) is 18.1 Å².